The Balaban J connectivity index is 1.99. The fourth-order valence-electron chi connectivity index (χ4n) is 2.15. The van der Waals surface area contributed by atoms with E-state index in [0.717, 1.165) is 16.7 Å². The molecule has 0 unspecified atom stereocenters. The van der Waals surface area contributed by atoms with Gasteiger partial charge in [-0.25, -0.2) is 9.97 Å². The Labute approximate surface area is 127 Å². The number of aliphatic hydroxyl groups excluding tert-OH is 1. The van der Waals surface area contributed by atoms with Gasteiger partial charge in [-0.15, -0.1) is 0 Å². The zero-order valence-electron chi connectivity index (χ0n) is 12.4. The fourth-order valence-corrected chi connectivity index (χ4v) is 2.15. The van der Waals surface area contributed by atoms with E-state index in [-0.39, 0.29) is 12.6 Å². The van der Waals surface area contributed by atoms with Crippen molar-refractivity contribution in [3.05, 3.63) is 36.7 Å². The van der Waals surface area contributed by atoms with Crippen molar-refractivity contribution in [2.24, 2.45) is 0 Å². The van der Waals surface area contributed by atoms with Crippen LogP contribution >= 0.6 is 0 Å². The first-order valence-electron chi connectivity index (χ1n) is 6.97. The first-order valence-corrected chi connectivity index (χ1v) is 6.97. The molecule has 0 fully saturated rings. The molecule has 1 atom stereocenters. The van der Waals surface area contributed by atoms with Crippen LogP contribution in [0.2, 0.25) is 0 Å². The molecule has 0 spiro atoms. The van der Waals surface area contributed by atoms with Gasteiger partial charge in [0.25, 0.3) is 0 Å². The number of fused-ring (bicyclic) bond motifs is 1. The summed E-state index contributed by atoms with van der Waals surface area (Å²) in [6.07, 6.45) is 1.44. The van der Waals surface area contributed by atoms with Crippen molar-refractivity contribution < 1.29 is 14.3 Å². The molecular formula is C16H17N3O3. The second kappa shape index (κ2) is 6.03. The molecule has 0 bridgehead atoms. The topological polar surface area (TPSA) is 80.4 Å². The molecule has 6 heteroatoms. The van der Waals surface area contributed by atoms with Gasteiger partial charge < -0.3 is 19.6 Å². The molecule has 1 aromatic carbocycles. The van der Waals surface area contributed by atoms with E-state index in [1.807, 2.05) is 37.3 Å². The lowest BCUT2D eigenvalue weighted by Crippen LogP contribution is -2.20. The molecule has 3 aromatic rings. The van der Waals surface area contributed by atoms with Crippen LogP contribution in [0.25, 0.3) is 22.4 Å². The van der Waals surface area contributed by atoms with E-state index in [2.05, 4.69) is 15.3 Å². The number of rotatable bonds is 5. The number of anilines is 1. The van der Waals surface area contributed by atoms with E-state index in [1.165, 1.54) is 6.33 Å². The summed E-state index contributed by atoms with van der Waals surface area (Å²) in [5, 5.41) is 13.1. The summed E-state index contributed by atoms with van der Waals surface area (Å²) in [5.74, 6) is 2.15. The van der Waals surface area contributed by atoms with Crippen LogP contribution in [0.3, 0.4) is 0 Å². The maximum absolute atomic E-state index is 9.16. The molecule has 3 rings (SSSR count). The van der Waals surface area contributed by atoms with Crippen molar-refractivity contribution in [3.8, 4) is 17.1 Å². The summed E-state index contributed by atoms with van der Waals surface area (Å²) < 4.78 is 10.9. The predicted molar refractivity (Wildman–Crippen MR) is 84.0 cm³/mol. The molecule has 0 saturated heterocycles. The fraction of sp³-hybridized carbons (Fsp3) is 0.250. The van der Waals surface area contributed by atoms with Gasteiger partial charge in [0, 0.05) is 11.6 Å². The molecule has 0 aliphatic heterocycles. The number of ether oxygens (including phenoxy) is 1. The van der Waals surface area contributed by atoms with Crippen molar-refractivity contribution in [3.63, 3.8) is 0 Å². The normalized spacial score (nSPS) is 12.3. The van der Waals surface area contributed by atoms with Crippen LogP contribution < -0.4 is 10.1 Å². The lowest BCUT2D eigenvalue weighted by atomic mass is 10.1. The maximum Gasteiger partial charge on any atom is 0.231 e. The van der Waals surface area contributed by atoms with Crippen molar-refractivity contribution in [1.82, 2.24) is 9.97 Å². The molecule has 0 amide bonds. The summed E-state index contributed by atoms with van der Waals surface area (Å²) in [4.78, 5) is 8.37. The van der Waals surface area contributed by atoms with Crippen LogP contribution in [0.1, 0.15) is 6.92 Å². The van der Waals surface area contributed by atoms with Gasteiger partial charge in [-0.1, -0.05) is 0 Å². The number of aromatic nitrogens is 2. The first kappa shape index (κ1) is 14.3. The van der Waals surface area contributed by atoms with Crippen LogP contribution in [0.15, 0.2) is 41.1 Å². The third-order valence-electron chi connectivity index (χ3n) is 3.36. The van der Waals surface area contributed by atoms with Crippen LogP contribution in [-0.4, -0.2) is 34.8 Å². The molecule has 2 aromatic heterocycles. The number of nitrogens with zero attached hydrogens (tertiary/aromatic N) is 2. The molecule has 114 valence electrons. The summed E-state index contributed by atoms with van der Waals surface area (Å²) >= 11 is 0. The third-order valence-corrected chi connectivity index (χ3v) is 3.36. The Morgan fingerprint density at radius 2 is 2.05 bits per heavy atom. The predicted octanol–water partition coefficient (Wildman–Crippen LogP) is 2.69. The van der Waals surface area contributed by atoms with Gasteiger partial charge in [-0.2, -0.15) is 0 Å². The minimum Gasteiger partial charge on any atom is -0.497 e. The van der Waals surface area contributed by atoms with Crippen molar-refractivity contribution in [2.45, 2.75) is 13.0 Å². The van der Waals surface area contributed by atoms with E-state index in [0.29, 0.717) is 17.3 Å². The lowest BCUT2D eigenvalue weighted by molar-refractivity contribution is 0.281. The number of hydrogen-bond acceptors (Lipinski definition) is 6. The molecule has 22 heavy (non-hydrogen) atoms. The lowest BCUT2D eigenvalue weighted by Gasteiger charge is -2.10. The average Bonchev–Trinajstić information content (AvgIpc) is 3.00. The zero-order chi connectivity index (χ0) is 15.5. The summed E-state index contributed by atoms with van der Waals surface area (Å²) in [6, 6.07) is 9.39. The third kappa shape index (κ3) is 2.73. The molecular weight excluding hydrogens is 282 g/mol. The minimum absolute atomic E-state index is 0.0225. The van der Waals surface area contributed by atoms with Gasteiger partial charge in [0.15, 0.2) is 0 Å². The maximum atomic E-state index is 9.16. The quantitative estimate of drug-likeness (QED) is 0.754. The molecule has 0 aliphatic carbocycles. The van der Waals surface area contributed by atoms with Crippen LogP contribution in [0.5, 0.6) is 5.75 Å². The highest BCUT2D eigenvalue weighted by atomic mass is 16.5. The minimum atomic E-state index is -0.0996. The van der Waals surface area contributed by atoms with Crippen molar-refractivity contribution in [1.29, 1.82) is 0 Å². The summed E-state index contributed by atoms with van der Waals surface area (Å²) in [6.45, 7) is 1.90. The molecule has 0 aliphatic rings. The van der Waals surface area contributed by atoms with Gasteiger partial charge in [0.1, 0.15) is 23.7 Å². The molecule has 6 nitrogen and oxygen atoms in total. The SMILES string of the molecule is COc1ccc(-c2cc3c(N[C@@H](C)CO)ncnc3o2)cc1. The van der Waals surface area contributed by atoms with Crippen LogP contribution in [0.4, 0.5) is 5.82 Å². The van der Waals surface area contributed by atoms with Gasteiger partial charge in [0.05, 0.1) is 19.1 Å². The average molecular weight is 299 g/mol. The number of benzene rings is 1. The monoisotopic (exact) mass is 299 g/mol. The molecule has 0 radical (unpaired) electrons. The van der Waals surface area contributed by atoms with Crippen LogP contribution in [-0.2, 0) is 0 Å². The van der Waals surface area contributed by atoms with Crippen LogP contribution in [0, 0.1) is 0 Å². The molecule has 0 saturated carbocycles. The Bertz CT molecular complexity index is 768. The number of hydrogen-bond donors (Lipinski definition) is 2. The van der Waals surface area contributed by atoms with Crippen molar-refractivity contribution in [2.75, 3.05) is 19.0 Å². The highest BCUT2D eigenvalue weighted by Gasteiger charge is 2.13. The Morgan fingerprint density at radius 3 is 2.73 bits per heavy atom. The number of nitrogens with one attached hydrogen (secondary N) is 1. The zero-order valence-corrected chi connectivity index (χ0v) is 12.4. The number of methoxy groups -OCH3 is 1. The molecule has 2 heterocycles. The van der Waals surface area contributed by atoms with Gasteiger partial charge in [0.2, 0.25) is 5.71 Å². The second-order valence-electron chi connectivity index (χ2n) is 5.01. The Kier molecular flexibility index (Phi) is 3.93. The highest BCUT2D eigenvalue weighted by molar-refractivity contribution is 5.89. The van der Waals surface area contributed by atoms with Gasteiger partial charge in [-0.3, -0.25) is 0 Å². The molecule has 2 N–H and O–H groups in total. The van der Waals surface area contributed by atoms with E-state index < -0.39 is 0 Å². The van der Waals surface area contributed by atoms with E-state index >= 15 is 0 Å². The first-order chi connectivity index (χ1) is 10.7. The largest absolute Gasteiger partial charge is 0.497 e. The second-order valence-corrected chi connectivity index (χ2v) is 5.01. The van der Waals surface area contributed by atoms with E-state index in [9.17, 15) is 0 Å². The van der Waals surface area contributed by atoms with Gasteiger partial charge in [-0.05, 0) is 37.3 Å². The van der Waals surface area contributed by atoms with E-state index in [4.69, 9.17) is 14.3 Å². The van der Waals surface area contributed by atoms with E-state index in [1.54, 1.807) is 7.11 Å². The standard InChI is InChI=1S/C16H17N3O3/c1-10(8-20)19-15-13-7-14(22-16(13)18-9-17-15)11-3-5-12(21-2)6-4-11/h3-7,9-10,20H,8H2,1-2H3,(H,17,18,19)/t10-/m0/s1. The summed E-state index contributed by atoms with van der Waals surface area (Å²) in [7, 11) is 1.63. The summed E-state index contributed by atoms with van der Waals surface area (Å²) in [5.41, 5.74) is 1.44. The number of aliphatic hydroxyl groups is 1. The Hall–Kier alpha value is -2.60. The van der Waals surface area contributed by atoms with Crippen molar-refractivity contribution >= 4 is 16.9 Å². The smallest absolute Gasteiger partial charge is 0.231 e. The van der Waals surface area contributed by atoms with Gasteiger partial charge >= 0.3 is 0 Å². The number of furan rings is 1. The highest BCUT2D eigenvalue weighted by Crippen LogP contribution is 2.30. The Morgan fingerprint density at radius 1 is 1.27 bits per heavy atom.